The Morgan fingerprint density at radius 2 is 2.03 bits per heavy atom. The fraction of sp³-hybridized carbons (Fsp3) is 0.391. The highest BCUT2D eigenvalue weighted by molar-refractivity contribution is 7.89. The summed E-state index contributed by atoms with van der Waals surface area (Å²) in [6.07, 6.45) is 2.52. The minimum Gasteiger partial charge on any atom is -0.377 e. The van der Waals surface area contributed by atoms with Crippen LogP contribution in [0.4, 0.5) is 4.39 Å². The Balaban J connectivity index is 1.59. The van der Waals surface area contributed by atoms with Crippen molar-refractivity contribution in [1.29, 1.82) is 0 Å². The summed E-state index contributed by atoms with van der Waals surface area (Å²) < 4.78 is 48.8. The quantitative estimate of drug-likeness (QED) is 0.504. The molecule has 1 fully saturated rings. The number of amides is 1. The molecule has 0 bridgehead atoms. The molecule has 0 radical (unpaired) electrons. The highest BCUT2D eigenvalue weighted by Gasteiger charge is 2.26. The molecule has 1 aliphatic heterocycles. The van der Waals surface area contributed by atoms with E-state index in [1.165, 1.54) is 59.1 Å². The van der Waals surface area contributed by atoms with Gasteiger partial charge in [-0.3, -0.25) is 4.79 Å². The zero-order chi connectivity index (χ0) is 23.6. The first-order valence-corrected chi connectivity index (χ1v) is 13.1. The predicted octanol–water partition coefficient (Wildman–Crippen LogP) is 3.79. The second-order valence-electron chi connectivity index (χ2n) is 8.01. The number of ether oxygens (including phenoxy) is 1. The number of fused-ring (bicyclic) bond motifs is 1. The molecule has 1 atom stereocenters. The van der Waals surface area contributed by atoms with Crippen LogP contribution >= 0.6 is 11.3 Å². The molecule has 2 aromatic carbocycles. The lowest BCUT2D eigenvalue weighted by molar-refractivity contribution is 0.0979. The van der Waals surface area contributed by atoms with Crippen molar-refractivity contribution in [2.75, 3.05) is 20.2 Å². The molecular weight excluding hydrogens is 465 g/mol. The van der Waals surface area contributed by atoms with Crippen LogP contribution in [0.3, 0.4) is 0 Å². The lowest BCUT2D eigenvalue weighted by Gasteiger charge is -2.20. The van der Waals surface area contributed by atoms with Crippen LogP contribution in [0.15, 0.2) is 52.4 Å². The van der Waals surface area contributed by atoms with E-state index < -0.39 is 15.9 Å². The number of likely N-dealkylation sites (N-methyl/N-ethyl adjacent to an activating group) is 1. The summed E-state index contributed by atoms with van der Waals surface area (Å²) in [7, 11) is -2.16. The molecule has 4 rings (SSSR count). The Bertz CT molecular complexity index is 1320. The molecule has 176 valence electrons. The van der Waals surface area contributed by atoms with E-state index in [1.807, 2.05) is 11.5 Å². The van der Waals surface area contributed by atoms with Crippen LogP contribution < -0.4 is 4.80 Å². The molecule has 2 heterocycles. The van der Waals surface area contributed by atoms with Gasteiger partial charge in [0.15, 0.2) is 4.80 Å². The number of aromatic nitrogens is 1. The van der Waals surface area contributed by atoms with Gasteiger partial charge in [-0.15, -0.1) is 0 Å². The number of aryl methyl sites for hydroxylation is 1. The molecule has 1 saturated heterocycles. The van der Waals surface area contributed by atoms with Crippen LogP contribution in [-0.4, -0.2) is 49.5 Å². The minimum absolute atomic E-state index is 0.0889. The average Bonchev–Trinajstić information content (AvgIpc) is 3.42. The fourth-order valence-corrected chi connectivity index (χ4v) is 6.13. The molecule has 1 amide bonds. The smallest absolute Gasteiger partial charge is 0.279 e. The number of rotatable bonds is 7. The van der Waals surface area contributed by atoms with E-state index in [-0.39, 0.29) is 22.4 Å². The number of halogens is 1. The number of nitrogens with zero attached hydrogens (tertiary/aromatic N) is 3. The van der Waals surface area contributed by atoms with E-state index in [2.05, 4.69) is 4.99 Å². The van der Waals surface area contributed by atoms with Crippen molar-refractivity contribution in [3.63, 3.8) is 0 Å². The Morgan fingerprint density at radius 3 is 2.70 bits per heavy atom. The first kappa shape index (κ1) is 23.7. The Kier molecular flexibility index (Phi) is 7.08. The second-order valence-corrected chi connectivity index (χ2v) is 11.1. The van der Waals surface area contributed by atoms with Crippen molar-refractivity contribution in [3.05, 3.63) is 58.6 Å². The molecule has 10 heteroatoms. The topological polar surface area (TPSA) is 81.0 Å². The van der Waals surface area contributed by atoms with Gasteiger partial charge in [0.2, 0.25) is 10.0 Å². The number of hydrogen-bond acceptors (Lipinski definition) is 5. The van der Waals surface area contributed by atoms with Crippen molar-refractivity contribution in [2.45, 2.75) is 43.7 Å². The van der Waals surface area contributed by atoms with Gasteiger partial charge in [0.05, 0.1) is 21.2 Å². The molecular formula is C23H26FN3O4S2. The number of hydrogen-bond donors (Lipinski definition) is 0. The van der Waals surface area contributed by atoms with Crippen LogP contribution in [-0.2, 0) is 21.3 Å². The van der Waals surface area contributed by atoms with Gasteiger partial charge in [-0.25, -0.2) is 12.8 Å². The van der Waals surface area contributed by atoms with Crippen LogP contribution in [0, 0.1) is 5.82 Å². The number of carbonyl (C=O) groups excluding carboxylic acids is 1. The third-order valence-electron chi connectivity index (χ3n) is 5.58. The Morgan fingerprint density at radius 1 is 1.27 bits per heavy atom. The van der Waals surface area contributed by atoms with Crippen molar-refractivity contribution in [1.82, 2.24) is 8.87 Å². The first-order chi connectivity index (χ1) is 15.8. The van der Waals surface area contributed by atoms with Gasteiger partial charge in [0.1, 0.15) is 5.82 Å². The maximum absolute atomic E-state index is 13.6. The zero-order valence-electron chi connectivity index (χ0n) is 18.5. The van der Waals surface area contributed by atoms with Gasteiger partial charge in [-0.2, -0.15) is 9.30 Å². The summed E-state index contributed by atoms with van der Waals surface area (Å²) in [5.41, 5.74) is 1.10. The zero-order valence-corrected chi connectivity index (χ0v) is 20.2. The van der Waals surface area contributed by atoms with E-state index in [9.17, 15) is 17.6 Å². The third kappa shape index (κ3) is 5.08. The summed E-state index contributed by atoms with van der Waals surface area (Å²) in [4.78, 5) is 17.7. The van der Waals surface area contributed by atoms with Gasteiger partial charge in [0.25, 0.3) is 5.91 Å². The minimum atomic E-state index is -3.69. The SMILES string of the molecule is CCCn1c(=NC(=O)c2ccc(S(=O)(=O)N(C)CC3CCCO3)cc2)sc2cc(F)ccc21. The number of carbonyl (C=O) groups is 1. The average molecular weight is 492 g/mol. The monoisotopic (exact) mass is 491 g/mol. The summed E-state index contributed by atoms with van der Waals surface area (Å²) in [5, 5.41) is 0. The summed E-state index contributed by atoms with van der Waals surface area (Å²) >= 11 is 1.25. The molecule has 0 N–H and O–H groups in total. The molecule has 3 aromatic rings. The fourth-order valence-electron chi connectivity index (χ4n) is 3.85. The molecule has 33 heavy (non-hydrogen) atoms. The number of benzene rings is 2. The highest BCUT2D eigenvalue weighted by Crippen LogP contribution is 2.21. The molecule has 0 spiro atoms. The Labute approximate surface area is 196 Å². The van der Waals surface area contributed by atoms with E-state index >= 15 is 0 Å². The molecule has 1 unspecified atom stereocenters. The molecule has 0 aliphatic carbocycles. The third-order valence-corrected chi connectivity index (χ3v) is 8.46. The molecule has 1 aromatic heterocycles. The standard InChI is InChI=1S/C23H26FN3O4S2/c1-3-12-27-20-11-8-17(24)14-21(20)32-23(27)25-22(28)16-6-9-19(10-7-16)33(29,30)26(2)15-18-5-4-13-31-18/h6-11,14,18H,3-5,12-13,15H2,1-2H3. The summed E-state index contributed by atoms with van der Waals surface area (Å²) in [6.45, 7) is 3.61. The number of sulfonamides is 1. The van der Waals surface area contributed by atoms with Gasteiger partial charge in [0, 0.05) is 32.3 Å². The van der Waals surface area contributed by atoms with E-state index in [0.717, 1.165) is 24.8 Å². The molecule has 7 nitrogen and oxygen atoms in total. The van der Waals surface area contributed by atoms with E-state index in [4.69, 9.17) is 4.74 Å². The van der Waals surface area contributed by atoms with E-state index in [0.29, 0.717) is 29.2 Å². The molecule has 0 saturated carbocycles. The second kappa shape index (κ2) is 9.84. The van der Waals surface area contributed by atoms with Crippen molar-refractivity contribution >= 4 is 37.5 Å². The van der Waals surface area contributed by atoms with Crippen LogP contribution in [0.25, 0.3) is 10.2 Å². The summed E-state index contributed by atoms with van der Waals surface area (Å²) in [6, 6.07) is 10.3. The lowest BCUT2D eigenvalue weighted by atomic mass is 10.2. The normalized spacial score (nSPS) is 17.3. The van der Waals surface area contributed by atoms with Crippen LogP contribution in [0.1, 0.15) is 36.5 Å². The maximum Gasteiger partial charge on any atom is 0.279 e. The van der Waals surface area contributed by atoms with Gasteiger partial charge in [-0.05, 0) is 61.7 Å². The first-order valence-electron chi connectivity index (χ1n) is 10.9. The Hall–Kier alpha value is -2.40. The molecule has 1 aliphatic rings. The summed E-state index contributed by atoms with van der Waals surface area (Å²) in [5.74, 6) is -0.824. The lowest BCUT2D eigenvalue weighted by Crippen LogP contribution is -2.34. The van der Waals surface area contributed by atoms with E-state index in [1.54, 1.807) is 6.07 Å². The maximum atomic E-state index is 13.6. The van der Waals surface area contributed by atoms with Gasteiger partial charge < -0.3 is 9.30 Å². The highest BCUT2D eigenvalue weighted by atomic mass is 32.2. The van der Waals surface area contributed by atoms with Crippen molar-refractivity contribution in [3.8, 4) is 0 Å². The van der Waals surface area contributed by atoms with Gasteiger partial charge >= 0.3 is 0 Å². The van der Waals surface area contributed by atoms with Crippen molar-refractivity contribution in [2.24, 2.45) is 4.99 Å². The largest absolute Gasteiger partial charge is 0.377 e. The predicted molar refractivity (Wildman–Crippen MR) is 125 cm³/mol. The number of thiazole rings is 1. The van der Waals surface area contributed by atoms with Gasteiger partial charge in [-0.1, -0.05) is 18.3 Å². The van der Waals surface area contributed by atoms with Crippen LogP contribution in [0.2, 0.25) is 0 Å². The van der Waals surface area contributed by atoms with Crippen molar-refractivity contribution < 1.29 is 22.3 Å². The van der Waals surface area contributed by atoms with Crippen LogP contribution in [0.5, 0.6) is 0 Å².